The molecule has 0 radical (unpaired) electrons. The van der Waals surface area contributed by atoms with E-state index in [1.54, 1.807) is 7.05 Å². The van der Waals surface area contributed by atoms with Crippen molar-refractivity contribution in [1.82, 2.24) is 29.6 Å². The number of hydrogen-bond acceptors (Lipinski definition) is 7. The molecule has 1 fully saturated rings. The Bertz CT molecular complexity index is 1270. The molecular formula is C18H16ClF3N6O4. The molecule has 0 spiro atoms. The lowest BCUT2D eigenvalue weighted by Crippen LogP contribution is -2.33. The van der Waals surface area contributed by atoms with E-state index in [0.29, 0.717) is 0 Å². The number of hydrogen-bond donors (Lipinski definition) is 2. The summed E-state index contributed by atoms with van der Waals surface area (Å²) in [6.07, 6.45) is -2.67. The maximum Gasteiger partial charge on any atom is 0.417 e. The Labute approximate surface area is 182 Å². The summed E-state index contributed by atoms with van der Waals surface area (Å²) in [4.78, 5) is 32.4. The van der Waals surface area contributed by atoms with Gasteiger partial charge in [-0.15, -0.1) is 5.10 Å². The number of benzene rings is 1. The fourth-order valence-corrected chi connectivity index (χ4v) is 3.55. The van der Waals surface area contributed by atoms with Crippen LogP contribution in [-0.4, -0.2) is 54.4 Å². The molecule has 1 aliphatic rings. The van der Waals surface area contributed by atoms with E-state index in [9.17, 15) is 27.9 Å². The second kappa shape index (κ2) is 8.16. The summed E-state index contributed by atoms with van der Waals surface area (Å²) < 4.78 is 41.6. The van der Waals surface area contributed by atoms with Crippen LogP contribution in [0.3, 0.4) is 0 Å². The molecule has 2 N–H and O–H groups in total. The van der Waals surface area contributed by atoms with E-state index in [0.717, 1.165) is 21.4 Å². The number of aromatic nitrogens is 5. The SMILES string of the molecule is CN1OC(n2cc(-c3cn(-c4ccc(Cl)c(C(F)(F)F)c4)nn3)c(=O)[nH]c2=O)CC1CO. The summed E-state index contributed by atoms with van der Waals surface area (Å²) in [5.74, 6) is 0. The van der Waals surface area contributed by atoms with Crippen LogP contribution in [0.25, 0.3) is 16.9 Å². The summed E-state index contributed by atoms with van der Waals surface area (Å²) in [6.45, 7) is -0.187. The first-order chi connectivity index (χ1) is 15.1. The number of aliphatic hydroxyl groups excluding tert-OH is 1. The van der Waals surface area contributed by atoms with Gasteiger partial charge in [0.25, 0.3) is 5.56 Å². The van der Waals surface area contributed by atoms with Gasteiger partial charge in [0.2, 0.25) is 0 Å². The van der Waals surface area contributed by atoms with Crippen molar-refractivity contribution < 1.29 is 23.1 Å². The first-order valence-electron chi connectivity index (χ1n) is 9.24. The van der Waals surface area contributed by atoms with Crippen molar-refractivity contribution in [2.75, 3.05) is 13.7 Å². The molecule has 3 aromatic rings. The highest BCUT2D eigenvalue weighted by molar-refractivity contribution is 6.31. The minimum atomic E-state index is -4.66. The minimum absolute atomic E-state index is 0.0218. The summed E-state index contributed by atoms with van der Waals surface area (Å²) in [5, 5.41) is 18.0. The van der Waals surface area contributed by atoms with E-state index >= 15 is 0 Å². The Morgan fingerprint density at radius 2 is 2.06 bits per heavy atom. The summed E-state index contributed by atoms with van der Waals surface area (Å²) >= 11 is 5.64. The number of hydroxylamine groups is 2. The molecule has 10 nitrogen and oxygen atoms in total. The smallest absolute Gasteiger partial charge is 0.395 e. The van der Waals surface area contributed by atoms with Crippen LogP contribution in [-0.2, 0) is 11.0 Å². The molecule has 2 unspecified atom stereocenters. The third-order valence-electron chi connectivity index (χ3n) is 5.05. The van der Waals surface area contributed by atoms with Gasteiger partial charge in [0, 0.05) is 19.7 Å². The predicted octanol–water partition coefficient (Wildman–Crippen LogP) is 1.58. The van der Waals surface area contributed by atoms with Gasteiger partial charge in [0.05, 0.1) is 40.7 Å². The van der Waals surface area contributed by atoms with E-state index in [2.05, 4.69) is 15.3 Å². The zero-order valence-electron chi connectivity index (χ0n) is 16.4. The first-order valence-corrected chi connectivity index (χ1v) is 9.62. The molecule has 3 heterocycles. The van der Waals surface area contributed by atoms with Crippen LogP contribution in [0.15, 0.2) is 40.2 Å². The normalized spacial score (nSPS) is 19.6. The standard InChI is InChI=1S/C18H16ClF3N6O4/c1-26-10(8-29)5-15(32-26)27-6-11(16(30)23-17(27)31)14-7-28(25-24-14)9-2-3-13(19)12(4-9)18(20,21)22/h2-4,6-7,10,15,29H,5,8H2,1H3,(H,23,30,31). The fraction of sp³-hybridized carbons (Fsp3) is 0.333. The predicted molar refractivity (Wildman–Crippen MR) is 105 cm³/mol. The van der Waals surface area contributed by atoms with Crippen LogP contribution < -0.4 is 11.2 Å². The maximum absolute atomic E-state index is 13.1. The van der Waals surface area contributed by atoms with Crippen molar-refractivity contribution >= 4 is 11.6 Å². The second-order valence-electron chi connectivity index (χ2n) is 7.10. The highest BCUT2D eigenvalue weighted by Crippen LogP contribution is 2.35. The molecular weight excluding hydrogens is 457 g/mol. The highest BCUT2D eigenvalue weighted by Gasteiger charge is 2.34. The van der Waals surface area contributed by atoms with Crippen LogP contribution in [0.1, 0.15) is 18.2 Å². The van der Waals surface area contributed by atoms with Crippen LogP contribution >= 0.6 is 11.6 Å². The van der Waals surface area contributed by atoms with Gasteiger partial charge >= 0.3 is 11.9 Å². The van der Waals surface area contributed by atoms with E-state index in [1.807, 2.05) is 0 Å². The van der Waals surface area contributed by atoms with Gasteiger partial charge in [-0.2, -0.15) is 18.2 Å². The van der Waals surface area contributed by atoms with Gasteiger partial charge in [0.15, 0.2) is 6.23 Å². The lowest BCUT2D eigenvalue weighted by Gasteiger charge is -2.15. The number of aliphatic hydroxyl groups is 1. The van der Waals surface area contributed by atoms with Gasteiger partial charge < -0.3 is 5.11 Å². The number of likely N-dealkylation sites (N-methyl/N-ethyl adjacent to an activating group) is 1. The molecule has 0 saturated carbocycles. The topological polar surface area (TPSA) is 118 Å². The number of aromatic amines is 1. The Kier molecular flexibility index (Phi) is 5.67. The number of alkyl halides is 3. The molecule has 2 atom stereocenters. The Morgan fingerprint density at radius 3 is 2.72 bits per heavy atom. The van der Waals surface area contributed by atoms with Gasteiger partial charge in [-0.25, -0.2) is 9.48 Å². The lowest BCUT2D eigenvalue weighted by molar-refractivity contribution is -0.170. The average Bonchev–Trinajstić information content (AvgIpc) is 3.34. The fourth-order valence-electron chi connectivity index (χ4n) is 3.32. The molecule has 1 aliphatic heterocycles. The summed E-state index contributed by atoms with van der Waals surface area (Å²) in [5.41, 5.74) is -2.52. The quantitative estimate of drug-likeness (QED) is 0.592. The van der Waals surface area contributed by atoms with Crippen molar-refractivity contribution in [2.45, 2.75) is 24.9 Å². The van der Waals surface area contributed by atoms with Crippen LogP contribution in [0.4, 0.5) is 13.2 Å². The van der Waals surface area contributed by atoms with Crippen molar-refractivity contribution in [2.24, 2.45) is 0 Å². The molecule has 14 heteroatoms. The molecule has 170 valence electrons. The average molecular weight is 473 g/mol. The Balaban J connectivity index is 1.71. The van der Waals surface area contributed by atoms with Crippen molar-refractivity contribution in [3.8, 4) is 16.9 Å². The minimum Gasteiger partial charge on any atom is -0.395 e. The summed E-state index contributed by atoms with van der Waals surface area (Å²) in [6, 6.07) is 2.87. The van der Waals surface area contributed by atoms with Gasteiger partial charge in [-0.1, -0.05) is 16.8 Å². The monoisotopic (exact) mass is 472 g/mol. The van der Waals surface area contributed by atoms with Gasteiger partial charge in [-0.3, -0.25) is 19.2 Å². The van der Waals surface area contributed by atoms with Gasteiger partial charge in [-0.05, 0) is 18.2 Å². The van der Waals surface area contributed by atoms with E-state index in [-0.39, 0.29) is 36.0 Å². The van der Waals surface area contributed by atoms with E-state index in [4.69, 9.17) is 16.4 Å². The first kappa shape index (κ1) is 22.2. The van der Waals surface area contributed by atoms with E-state index < -0.39 is 34.2 Å². The Morgan fingerprint density at radius 1 is 1.31 bits per heavy atom. The number of H-pyrrole nitrogens is 1. The van der Waals surface area contributed by atoms with E-state index in [1.165, 1.54) is 23.5 Å². The van der Waals surface area contributed by atoms with Crippen LogP contribution in [0.5, 0.6) is 0 Å². The zero-order chi connectivity index (χ0) is 23.2. The van der Waals surface area contributed by atoms with Crippen LogP contribution in [0, 0.1) is 0 Å². The zero-order valence-corrected chi connectivity index (χ0v) is 17.1. The molecule has 2 aromatic heterocycles. The van der Waals surface area contributed by atoms with Crippen molar-refractivity contribution in [3.05, 3.63) is 62.0 Å². The molecule has 1 aromatic carbocycles. The molecule has 0 bridgehead atoms. The third kappa shape index (κ3) is 4.07. The number of nitrogens with zero attached hydrogens (tertiary/aromatic N) is 5. The van der Waals surface area contributed by atoms with Crippen LogP contribution in [0.2, 0.25) is 5.02 Å². The Hall–Kier alpha value is -3.00. The number of halogens is 4. The molecule has 0 aliphatic carbocycles. The van der Waals surface area contributed by atoms with Gasteiger partial charge in [0.1, 0.15) is 5.69 Å². The van der Waals surface area contributed by atoms with Crippen molar-refractivity contribution in [3.63, 3.8) is 0 Å². The molecule has 4 rings (SSSR count). The van der Waals surface area contributed by atoms with Crippen molar-refractivity contribution in [1.29, 1.82) is 0 Å². The lowest BCUT2D eigenvalue weighted by atomic mass is 10.2. The summed E-state index contributed by atoms with van der Waals surface area (Å²) in [7, 11) is 1.60. The number of rotatable bonds is 4. The maximum atomic E-state index is 13.1. The third-order valence-corrected chi connectivity index (χ3v) is 5.38. The molecule has 32 heavy (non-hydrogen) atoms. The number of nitrogens with one attached hydrogen (secondary N) is 1. The molecule has 0 amide bonds. The second-order valence-corrected chi connectivity index (χ2v) is 7.51. The highest BCUT2D eigenvalue weighted by atomic mass is 35.5. The molecule has 1 saturated heterocycles. The largest absolute Gasteiger partial charge is 0.417 e.